The number of alkyl halides is 3. The second-order valence-corrected chi connectivity index (χ2v) is 6.74. The van der Waals surface area contributed by atoms with Crippen LogP contribution in [-0.4, -0.2) is 35.5 Å². The molecule has 0 spiro atoms. The van der Waals surface area contributed by atoms with E-state index < -0.39 is 23.6 Å². The number of carbonyl (C=O) groups is 2. The van der Waals surface area contributed by atoms with Gasteiger partial charge in [0, 0.05) is 31.6 Å². The zero-order valence-electron chi connectivity index (χ0n) is 16.0. The lowest BCUT2D eigenvalue weighted by molar-refractivity contribution is -0.143. The van der Waals surface area contributed by atoms with Gasteiger partial charge in [-0.15, -0.1) is 0 Å². The molecule has 0 bridgehead atoms. The molecule has 2 amide bonds. The van der Waals surface area contributed by atoms with Gasteiger partial charge in [-0.25, -0.2) is 0 Å². The lowest BCUT2D eigenvalue weighted by Gasteiger charge is -2.26. The fourth-order valence-corrected chi connectivity index (χ4v) is 2.94. The number of nitrogens with zero attached hydrogens (tertiary/aromatic N) is 2. The monoisotopic (exact) mass is 419 g/mol. The number of piperidine rings is 1. The summed E-state index contributed by atoms with van der Waals surface area (Å²) >= 11 is 0. The van der Waals surface area contributed by atoms with Crippen LogP contribution in [0.3, 0.4) is 0 Å². The highest BCUT2D eigenvalue weighted by Gasteiger charge is 2.30. The summed E-state index contributed by atoms with van der Waals surface area (Å²) in [6.07, 6.45) is -3.56. The maximum Gasteiger partial charge on any atom is 0.416 e. The first-order valence-corrected chi connectivity index (χ1v) is 9.32. The third kappa shape index (κ3) is 5.82. The molecule has 0 aromatic heterocycles. The van der Waals surface area contributed by atoms with Gasteiger partial charge >= 0.3 is 18.0 Å². The Hall–Kier alpha value is -3.36. The molecule has 0 unspecified atom stereocenters. The van der Waals surface area contributed by atoms with E-state index in [1.54, 1.807) is 30.3 Å². The van der Waals surface area contributed by atoms with Crippen molar-refractivity contribution in [3.05, 3.63) is 65.7 Å². The zero-order chi connectivity index (χ0) is 21.6. The molecule has 0 saturated carbocycles. The van der Waals surface area contributed by atoms with Crippen LogP contribution < -0.4 is 5.32 Å². The number of benzene rings is 2. The number of carbonyl (C=O) groups excluding carboxylic acids is 2. The van der Waals surface area contributed by atoms with Gasteiger partial charge in [-0.1, -0.05) is 35.5 Å². The molecule has 158 valence electrons. The van der Waals surface area contributed by atoms with Crippen molar-refractivity contribution in [1.29, 1.82) is 0 Å². The van der Waals surface area contributed by atoms with Crippen molar-refractivity contribution in [3.63, 3.8) is 0 Å². The molecule has 9 heteroatoms. The van der Waals surface area contributed by atoms with Crippen LogP contribution in [0.5, 0.6) is 0 Å². The summed E-state index contributed by atoms with van der Waals surface area (Å²) in [5, 5.41) is 6.53. The van der Waals surface area contributed by atoms with Crippen LogP contribution in [0, 0.1) is 0 Å². The summed E-state index contributed by atoms with van der Waals surface area (Å²) in [6, 6.07) is 13.6. The van der Waals surface area contributed by atoms with Crippen LogP contribution >= 0.6 is 0 Å². The Bertz CT molecular complexity index is 920. The Balaban J connectivity index is 1.46. The Morgan fingerprint density at radius 1 is 1.03 bits per heavy atom. The minimum atomic E-state index is -4.41. The Labute approximate surface area is 171 Å². The average Bonchev–Trinajstić information content (AvgIpc) is 2.74. The fourth-order valence-electron chi connectivity index (χ4n) is 2.94. The first-order valence-electron chi connectivity index (χ1n) is 9.32. The van der Waals surface area contributed by atoms with E-state index in [2.05, 4.69) is 10.5 Å². The molecule has 2 aromatic rings. The van der Waals surface area contributed by atoms with E-state index in [4.69, 9.17) is 4.84 Å². The van der Waals surface area contributed by atoms with Crippen molar-refractivity contribution in [3.8, 4) is 0 Å². The minimum absolute atomic E-state index is 0.0878. The highest BCUT2D eigenvalue weighted by atomic mass is 19.4. The number of nitrogens with one attached hydrogen (secondary N) is 1. The van der Waals surface area contributed by atoms with Crippen molar-refractivity contribution in [1.82, 2.24) is 4.90 Å². The second-order valence-electron chi connectivity index (χ2n) is 6.74. The molecule has 0 radical (unpaired) electrons. The number of rotatable bonds is 4. The summed E-state index contributed by atoms with van der Waals surface area (Å²) in [7, 11) is 0. The number of hydrogen-bond acceptors (Lipinski definition) is 4. The molecule has 0 atom stereocenters. The van der Waals surface area contributed by atoms with Gasteiger partial charge in [0.05, 0.1) is 11.3 Å². The average molecular weight is 419 g/mol. The molecule has 1 N–H and O–H groups in total. The Morgan fingerprint density at radius 2 is 1.73 bits per heavy atom. The van der Waals surface area contributed by atoms with Crippen LogP contribution in [0.25, 0.3) is 0 Å². The van der Waals surface area contributed by atoms with Gasteiger partial charge < -0.3 is 15.1 Å². The van der Waals surface area contributed by atoms with Crippen molar-refractivity contribution in [2.24, 2.45) is 5.16 Å². The van der Waals surface area contributed by atoms with Crippen LogP contribution in [0.4, 0.5) is 18.9 Å². The van der Waals surface area contributed by atoms with E-state index in [1.807, 2.05) is 0 Å². The van der Waals surface area contributed by atoms with E-state index in [9.17, 15) is 22.8 Å². The van der Waals surface area contributed by atoms with Gasteiger partial charge in [0.1, 0.15) is 6.61 Å². The van der Waals surface area contributed by atoms with E-state index in [0.29, 0.717) is 42.9 Å². The summed E-state index contributed by atoms with van der Waals surface area (Å²) in [5.41, 5.74) is 0.851. The van der Waals surface area contributed by atoms with Gasteiger partial charge in [0.2, 0.25) is 0 Å². The lowest BCUT2D eigenvalue weighted by Crippen LogP contribution is -2.44. The molecule has 1 saturated heterocycles. The Kier molecular flexibility index (Phi) is 6.71. The largest absolute Gasteiger partial charge is 0.416 e. The van der Waals surface area contributed by atoms with Crippen LogP contribution in [0.1, 0.15) is 24.0 Å². The summed E-state index contributed by atoms with van der Waals surface area (Å²) in [6.45, 7) is 0.537. The number of hydrogen-bond donors (Lipinski definition) is 1. The smallest absolute Gasteiger partial charge is 0.391 e. The van der Waals surface area contributed by atoms with Gasteiger partial charge in [0.25, 0.3) is 0 Å². The summed E-state index contributed by atoms with van der Waals surface area (Å²) in [5.74, 6) is -1.33. The molecule has 1 heterocycles. The molecule has 1 fully saturated rings. The highest BCUT2D eigenvalue weighted by molar-refractivity contribution is 6.39. The summed E-state index contributed by atoms with van der Waals surface area (Å²) in [4.78, 5) is 31.0. The van der Waals surface area contributed by atoms with Crippen LogP contribution in [0.15, 0.2) is 59.8 Å². The predicted octanol–water partition coefficient (Wildman–Crippen LogP) is 3.84. The first kappa shape index (κ1) is 21.4. The zero-order valence-corrected chi connectivity index (χ0v) is 16.0. The van der Waals surface area contributed by atoms with Crippen LogP contribution in [0.2, 0.25) is 0 Å². The first-order chi connectivity index (χ1) is 14.3. The van der Waals surface area contributed by atoms with Gasteiger partial charge in [-0.05, 0) is 29.8 Å². The second kappa shape index (κ2) is 9.43. The third-order valence-electron chi connectivity index (χ3n) is 4.53. The molecule has 1 aliphatic heterocycles. The molecule has 0 aliphatic carbocycles. The van der Waals surface area contributed by atoms with Crippen molar-refractivity contribution in [2.45, 2.75) is 25.6 Å². The number of oxime groups is 1. The maximum atomic E-state index is 12.7. The number of likely N-dealkylation sites (tertiary alicyclic amines) is 1. The van der Waals surface area contributed by atoms with Crippen molar-refractivity contribution < 1.29 is 27.6 Å². The molecular formula is C21H20F3N3O3. The van der Waals surface area contributed by atoms with Gasteiger partial charge in [-0.2, -0.15) is 13.2 Å². The van der Waals surface area contributed by atoms with E-state index in [1.165, 1.54) is 17.0 Å². The van der Waals surface area contributed by atoms with Gasteiger partial charge in [0.15, 0.2) is 0 Å². The van der Waals surface area contributed by atoms with Gasteiger partial charge in [-0.3, -0.25) is 9.59 Å². The SMILES string of the molecule is O=C(Nc1ccccc1)C(=O)N1CCC(=NOCc2cccc(C(F)(F)F)c2)CC1. The molecule has 6 nitrogen and oxygen atoms in total. The standard InChI is InChI=1S/C21H20F3N3O3/c22-21(23,24)16-6-4-5-15(13-16)14-30-26-18-9-11-27(12-10-18)20(29)19(28)25-17-7-2-1-3-8-17/h1-8,13H,9-12,14H2,(H,25,28). The molecule has 1 aliphatic rings. The van der Waals surface area contributed by atoms with E-state index >= 15 is 0 Å². The van der Waals surface area contributed by atoms with E-state index in [-0.39, 0.29) is 6.61 Å². The van der Waals surface area contributed by atoms with E-state index in [0.717, 1.165) is 12.1 Å². The number of para-hydroxylation sites is 1. The highest BCUT2D eigenvalue weighted by Crippen LogP contribution is 2.29. The van der Waals surface area contributed by atoms with Crippen LogP contribution in [-0.2, 0) is 27.2 Å². The molecule has 30 heavy (non-hydrogen) atoms. The molecule has 2 aromatic carbocycles. The topological polar surface area (TPSA) is 71.0 Å². The number of halogens is 3. The Morgan fingerprint density at radius 3 is 2.40 bits per heavy atom. The molecular weight excluding hydrogens is 399 g/mol. The third-order valence-corrected chi connectivity index (χ3v) is 4.53. The number of anilines is 1. The normalized spacial score (nSPS) is 14.2. The fraction of sp³-hybridized carbons (Fsp3) is 0.286. The van der Waals surface area contributed by atoms with Crippen molar-refractivity contribution in [2.75, 3.05) is 18.4 Å². The maximum absolute atomic E-state index is 12.7. The summed E-state index contributed by atoms with van der Waals surface area (Å²) < 4.78 is 38.2. The number of amides is 2. The lowest BCUT2D eigenvalue weighted by atomic mass is 10.1. The quantitative estimate of drug-likeness (QED) is 0.605. The molecule has 3 rings (SSSR count). The van der Waals surface area contributed by atoms with Crippen molar-refractivity contribution >= 4 is 23.2 Å². The minimum Gasteiger partial charge on any atom is -0.391 e. The predicted molar refractivity (Wildman–Crippen MR) is 105 cm³/mol.